The number of nitrogens with zero attached hydrogens (tertiary/aromatic N) is 3. The van der Waals surface area contributed by atoms with Gasteiger partial charge in [-0.2, -0.15) is 0 Å². The quantitative estimate of drug-likeness (QED) is 0.856. The molecule has 1 aromatic rings. The third-order valence-corrected chi connectivity index (χ3v) is 5.87. The molecular formula is C20H34N4O. The second-order valence-corrected chi connectivity index (χ2v) is 8.31. The van der Waals surface area contributed by atoms with Gasteiger partial charge in [0.15, 0.2) is 5.82 Å². The first-order valence-corrected chi connectivity index (χ1v) is 10.2. The van der Waals surface area contributed by atoms with Crippen LogP contribution < -0.4 is 10.9 Å². The van der Waals surface area contributed by atoms with Crippen molar-refractivity contribution in [2.45, 2.75) is 77.3 Å². The van der Waals surface area contributed by atoms with Crippen LogP contribution in [0.4, 0.5) is 5.82 Å². The predicted octanol–water partition coefficient (Wildman–Crippen LogP) is 3.50. The van der Waals surface area contributed by atoms with Gasteiger partial charge >= 0.3 is 0 Å². The van der Waals surface area contributed by atoms with Crippen molar-refractivity contribution >= 4 is 5.82 Å². The largest absolute Gasteiger partial charge is 0.364 e. The van der Waals surface area contributed by atoms with Crippen molar-refractivity contribution < 1.29 is 0 Å². The summed E-state index contributed by atoms with van der Waals surface area (Å²) in [5.41, 5.74) is 0.228. The first kappa shape index (κ1) is 18.4. The van der Waals surface area contributed by atoms with Gasteiger partial charge < -0.3 is 9.88 Å². The number of rotatable bonds is 6. The van der Waals surface area contributed by atoms with E-state index in [9.17, 15) is 4.79 Å². The highest BCUT2D eigenvalue weighted by molar-refractivity contribution is 5.32. The molecule has 1 saturated carbocycles. The molecule has 0 amide bonds. The summed E-state index contributed by atoms with van der Waals surface area (Å²) in [5.74, 6) is 0.969. The van der Waals surface area contributed by atoms with E-state index in [-0.39, 0.29) is 11.1 Å². The van der Waals surface area contributed by atoms with Gasteiger partial charge in [-0.25, -0.2) is 4.98 Å². The first-order valence-electron chi connectivity index (χ1n) is 10.2. The molecule has 0 bridgehead atoms. The molecule has 0 aromatic carbocycles. The lowest BCUT2D eigenvalue weighted by Crippen LogP contribution is -2.56. The van der Waals surface area contributed by atoms with Crippen LogP contribution in [0, 0.1) is 5.92 Å². The molecule has 0 spiro atoms. The van der Waals surface area contributed by atoms with Crippen molar-refractivity contribution in [3.63, 3.8) is 0 Å². The van der Waals surface area contributed by atoms with Gasteiger partial charge in [0.05, 0.1) is 0 Å². The zero-order chi connectivity index (χ0) is 17.7. The molecule has 1 aromatic heterocycles. The highest BCUT2D eigenvalue weighted by Gasteiger charge is 2.38. The lowest BCUT2D eigenvalue weighted by Gasteiger charge is -2.48. The van der Waals surface area contributed by atoms with Crippen LogP contribution in [-0.4, -0.2) is 39.6 Å². The summed E-state index contributed by atoms with van der Waals surface area (Å²) in [4.78, 5) is 19.7. The van der Waals surface area contributed by atoms with Gasteiger partial charge in [-0.05, 0) is 44.7 Å². The average molecular weight is 347 g/mol. The van der Waals surface area contributed by atoms with Crippen molar-refractivity contribution in [1.82, 2.24) is 14.5 Å². The number of likely N-dealkylation sites (tertiary alicyclic amines) is 1. The Balaban J connectivity index is 1.74. The predicted molar refractivity (Wildman–Crippen MR) is 103 cm³/mol. The molecule has 0 unspecified atom stereocenters. The maximum Gasteiger partial charge on any atom is 0.293 e. The topological polar surface area (TPSA) is 50.2 Å². The van der Waals surface area contributed by atoms with Crippen LogP contribution in [0.15, 0.2) is 17.2 Å². The van der Waals surface area contributed by atoms with Crippen molar-refractivity contribution in [2.75, 3.05) is 25.0 Å². The Morgan fingerprint density at radius 1 is 1.12 bits per heavy atom. The fourth-order valence-electron chi connectivity index (χ4n) is 4.54. The van der Waals surface area contributed by atoms with Gasteiger partial charge in [-0.1, -0.05) is 39.5 Å². The molecule has 25 heavy (non-hydrogen) atoms. The van der Waals surface area contributed by atoms with Crippen molar-refractivity contribution in [2.24, 2.45) is 5.92 Å². The Kier molecular flexibility index (Phi) is 6.15. The minimum Gasteiger partial charge on any atom is -0.364 e. The summed E-state index contributed by atoms with van der Waals surface area (Å²) in [5, 5.41) is 3.45. The second-order valence-electron chi connectivity index (χ2n) is 8.31. The highest BCUT2D eigenvalue weighted by Crippen LogP contribution is 2.35. The molecule has 1 saturated heterocycles. The van der Waals surface area contributed by atoms with Crippen LogP contribution in [0.1, 0.15) is 65.2 Å². The van der Waals surface area contributed by atoms with Crippen molar-refractivity contribution in [3.8, 4) is 0 Å². The molecular weight excluding hydrogens is 312 g/mol. The summed E-state index contributed by atoms with van der Waals surface area (Å²) in [6.45, 7) is 8.28. The summed E-state index contributed by atoms with van der Waals surface area (Å²) in [6.07, 6.45) is 14.0. The Bertz CT molecular complexity index is 598. The molecule has 2 fully saturated rings. The van der Waals surface area contributed by atoms with Gasteiger partial charge in [0.1, 0.15) is 0 Å². The fraction of sp³-hybridized carbons (Fsp3) is 0.800. The molecule has 1 aliphatic carbocycles. The van der Waals surface area contributed by atoms with Gasteiger partial charge in [0.2, 0.25) is 0 Å². The van der Waals surface area contributed by atoms with E-state index in [1.165, 1.54) is 64.5 Å². The van der Waals surface area contributed by atoms with Gasteiger partial charge in [-0.15, -0.1) is 0 Å². The number of piperidine rings is 1. The summed E-state index contributed by atoms with van der Waals surface area (Å²) in [7, 11) is 0. The van der Waals surface area contributed by atoms with E-state index >= 15 is 0 Å². The van der Waals surface area contributed by atoms with Crippen LogP contribution in [0.3, 0.4) is 0 Å². The number of aromatic nitrogens is 2. The van der Waals surface area contributed by atoms with E-state index in [1.54, 1.807) is 17.0 Å². The SMILES string of the molecule is CC(C)Cn1ccnc(NCC2(N3CCCCC3)CCCCC2)c1=O. The molecule has 0 radical (unpaired) electrons. The van der Waals surface area contributed by atoms with Crippen LogP contribution in [0.25, 0.3) is 0 Å². The molecule has 1 aliphatic heterocycles. The highest BCUT2D eigenvalue weighted by atomic mass is 16.1. The minimum atomic E-state index is 0.0146. The molecule has 5 heteroatoms. The Morgan fingerprint density at radius 3 is 2.48 bits per heavy atom. The monoisotopic (exact) mass is 346 g/mol. The van der Waals surface area contributed by atoms with Crippen molar-refractivity contribution in [1.29, 1.82) is 0 Å². The fourth-order valence-corrected chi connectivity index (χ4v) is 4.54. The normalized spacial score (nSPS) is 21.4. The molecule has 2 aliphatic rings. The van der Waals surface area contributed by atoms with E-state index in [0.29, 0.717) is 11.7 Å². The summed E-state index contributed by atoms with van der Waals surface area (Å²) >= 11 is 0. The molecule has 3 rings (SSSR count). The van der Waals surface area contributed by atoms with Crippen LogP contribution >= 0.6 is 0 Å². The lowest BCUT2D eigenvalue weighted by molar-refractivity contribution is 0.0436. The number of hydrogen-bond donors (Lipinski definition) is 1. The van der Waals surface area contributed by atoms with Gasteiger partial charge in [0, 0.05) is 31.0 Å². The zero-order valence-electron chi connectivity index (χ0n) is 16.0. The van der Waals surface area contributed by atoms with Crippen LogP contribution in [0.2, 0.25) is 0 Å². The Morgan fingerprint density at radius 2 is 1.80 bits per heavy atom. The van der Waals surface area contributed by atoms with E-state index in [0.717, 1.165) is 13.1 Å². The van der Waals surface area contributed by atoms with E-state index < -0.39 is 0 Å². The molecule has 1 N–H and O–H groups in total. The maximum atomic E-state index is 12.7. The number of nitrogens with one attached hydrogen (secondary N) is 1. The van der Waals surface area contributed by atoms with Crippen molar-refractivity contribution in [3.05, 3.63) is 22.7 Å². The van der Waals surface area contributed by atoms with Crippen LogP contribution in [-0.2, 0) is 6.54 Å². The average Bonchev–Trinajstić information content (AvgIpc) is 2.64. The van der Waals surface area contributed by atoms with E-state index in [1.807, 2.05) is 0 Å². The molecule has 140 valence electrons. The molecule has 5 nitrogen and oxygen atoms in total. The second kappa shape index (κ2) is 8.35. The molecule has 0 atom stereocenters. The lowest BCUT2D eigenvalue weighted by atomic mass is 9.79. The Hall–Kier alpha value is -1.36. The van der Waals surface area contributed by atoms with E-state index in [2.05, 4.69) is 29.0 Å². The van der Waals surface area contributed by atoms with Gasteiger partial charge in [-0.3, -0.25) is 9.69 Å². The van der Waals surface area contributed by atoms with Crippen LogP contribution in [0.5, 0.6) is 0 Å². The third-order valence-electron chi connectivity index (χ3n) is 5.87. The smallest absolute Gasteiger partial charge is 0.293 e. The standard InChI is InChI=1S/C20H34N4O/c1-17(2)15-23-14-11-21-18(19(23)25)22-16-20(9-5-3-6-10-20)24-12-7-4-8-13-24/h11,14,17H,3-10,12-13,15-16H2,1-2H3,(H,21,22). The first-order chi connectivity index (χ1) is 12.1. The maximum absolute atomic E-state index is 12.7. The molecule has 2 heterocycles. The third kappa shape index (κ3) is 4.43. The van der Waals surface area contributed by atoms with E-state index in [4.69, 9.17) is 0 Å². The Labute approximate surface area is 151 Å². The minimum absolute atomic E-state index is 0.0146. The zero-order valence-corrected chi connectivity index (χ0v) is 16.0. The summed E-state index contributed by atoms with van der Waals surface area (Å²) in [6, 6.07) is 0. The van der Waals surface area contributed by atoms with Gasteiger partial charge in [0.25, 0.3) is 5.56 Å². The summed E-state index contributed by atoms with van der Waals surface area (Å²) < 4.78 is 1.79. The number of anilines is 1. The number of hydrogen-bond acceptors (Lipinski definition) is 4.